The number of aromatic nitrogens is 1. The molecule has 1 saturated carbocycles. The monoisotopic (exact) mass is 348 g/mol. The lowest BCUT2D eigenvalue weighted by atomic mass is 9.78. The first kappa shape index (κ1) is 15.6. The molecule has 0 radical (unpaired) electrons. The second kappa shape index (κ2) is 5.93. The molecule has 20 heavy (non-hydrogen) atoms. The van der Waals surface area contributed by atoms with Crippen LogP contribution in [0.25, 0.3) is 0 Å². The predicted molar refractivity (Wildman–Crippen MR) is 77.1 cm³/mol. The number of halogens is 3. The maximum absolute atomic E-state index is 12.9. The molecule has 0 saturated heterocycles. The number of hydrogen-bond acceptors (Lipinski definition) is 3. The zero-order valence-electron chi connectivity index (χ0n) is 11.9. The van der Waals surface area contributed by atoms with Crippen molar-refractivity contribution in [3.8, 4) is 5.75 Å². The first-order valence-corrected chi connectivity index (χ1v) is 7.41. The highest BCUT2D eigenvalue weighted by Crippen LogP contribution is 2.45. The lowest BCUT2D eigenvalue weighted by molar-refractivity contribution is -0.133. The molecule has 1 aromatic heterocycles. The molecule has 0 aliphatic heterocycles. The Labute approximate surface area is 126 Å². The van der Waals surface area contributed by atoms with E-state index in [0.717, 1.165) is 10.3 Å². The van der Waals surface area contributed by atoms with Crippen LogP contribution in [0.15, 0.2) is 16.7 Å². The summed E-state index contributed by atoms with van der Waals surface area (Å²) in [4.78, 5) is 6.39. The SMILES string of the molecule is CC(Oc1ccc(Br)nc1CN(C)C)C1CC(F)(F)C1. The van der Waals surface area contributed by atoms with Gasteiger partial charge in [0.1, 0.15) is 10.4 Å². The Morgan fingerprint density at radius 1 is 1.45 bits per heavy atom. The molecular weight excluding hydrogens is 330 g/mol. The van der Waals surface area contributed by atoms with E-state index in [1.54, 1.807) is 6.07 Å². The Kier molecular flexibility index (Phi) is 4.64. The van der Waals surface area contributed by atoms with Crippen molar-refractivity contribution in [3.63, 3.8) is 0 Å². The van der Waals surface area contributed by atoms with E-state index in [0.29, 0.717) is 12.3 Å². The summed E-state index contributed by atoms with van der Waals surface area (Å²) in [6.45, 7) is 2.49. The number of hydrogen-bond donors (Lipinski definition) is 0. The van der Waals surface area contributed by atoms with Crippen LogP contribution in [0.5, 0.6) is 5.75 Å². The van der Waals surface area contributed by atoms with E-state index in [-0.39, 0.29) is 24.9 Å². The summed E-state index contributed by atoms with van der Waals surface area (Å²) in [6.07, 6.45) is -0.388. The van der Waals surface area contributed by atoms with Crippen LogP contribution in [0.2, 0.25) is 0 Å². The molecule has 1 fully saturated rings. The summed E-state index contributed by atoms with van der Waals surface area (Å²) >= 11 is 3.34. The van der Waals surface area contributed by atoms with Crippen LogP contribution in [0.3, 0.4) is 0 Å². The number of nitrogens with zero attached hydrogens (tertiary/aromatic N) is 2. The molecule has 1 aliphatic rings. The normalized spacial score (nSPS) is 19.8. The Morgan fingerprint density at radius 2 is 2.10 bits per heavy atom. The van der Waals surface area contributed by atoms with E-state index in [2.05, 4.69) is 20.9 Å². The maximum Gasteiger partial charge on any atom is 0.249 e. The minimum atomic E-state index is -2.51. The second-order valence-corrected chi connectivity index (χ2v) is 6.48. The summed E-state index contributed by atoms with van der Waals surface area (Å²) in [6, 6.07) is 3.64. The third-order valence-electron chi connectivity index (χ3n) is 3.46. The van der Waals surface area contributed by atoms with Crippen LogP contribution >= 0.6 is 15.9 Å². The molecule has 0 N–H and O–H groups in total. The predicted octanol–water partition coefficient (Wildman–Crippen LogP) is 3.72. The Hall–Kier alpha value is -0.750. The number of alkyl halides is 2. The van der Waals surface area contributed by atoms with Crippen LogP contribution in [0.1, 0.15) is 25.5 Å². The minimum absolute atomic E-state index is 0.0822. The van der Waals surface area contributed by atoms with Gasteiger partial charge in [-0.15, -0.1) is 0 Å². The molecule has 0 amide bonds. The minimum Gasteiger partial charge on any atom is -0.488 e. The molecule has 2 rings (SSSR count). The largest absolute Gasteiger partial charge is 0.488 e. The zero-order valence-corrected chi connectivity index (χ0v) is 13.5. The Bertz CT molecular complexity index is 474. The fraction of sp³-hybridized carbons (Fsp3) is 0.643. The summed E-state index contributed by atoms with van der Waals surface area (Å²) in [5.41, 5.74) is 0.808. The van der Waals surface area contributed by atoms with Gasteiger partial charge in [-0.25, -0.2) is 13.8 Å². The molecule has 0 aromatic carbocycles. The highest BCUT2D eigenvalue weighted by atomic mass is 79.9. The van der Waals surface area contributed by atoms with Crippen LogP contribution < -0.4 is 4.74 Å². The summed E-state index contributed by atoms with van der Waals surface area (Å²) < 4.78 is 32.4. The van der Waals surface area contributed by atoms with Crippen LogP contribution in [0, 0.1) is 5.92 Å². The van der Waals surface area contributed by atoms with Gasteiger partial charge in [-0.3, -0.25) is 0 Å². The molecular formula is C14H19BrF2N2O. The standard InChI is InChI=1S/C14H19BrF2N2O/c1-9(10-6-14(16,17)7-10)20-12-4-5-13(15)18-11(12)8-19(2)3/h4-5,9-10H,6-8H2,1-3H3. The van der Waals surface area contributed by atoms with E-state index in [4.69, 9.17) is 4.74 Å². The lowest BCUT2D eigenvalue weighted by Crippen LogP contribution is -2.43. The van der Waals surface area contributed by atoms with Gasteiger partial charge in [0.2, 0.25) is 5.92 Å². The fourth-order valence-corrected chi connectivity index (χ4v) is 2.66. The third kappa shape index (κ3) is 3.88. The fourth-order valence-electron chi connectivity index (χ4n) is 2.32. The van der Waals surface area contributed by atoms with Crippen molar-refractivity contribution < 1.29 is 13.5 Å². The first-order valence-electron chi connectivity index (χ1n) is 6.61. The molecule has 0 bridgehead atoms. The number of pyridine rings is 1. The van der Waals surface area contributed by atoms with Gasteiger partial charge < -0.3 is 9.64 Å². The quantitative estimate of drug-likeness (QED) is 0.758. The van der Waals surface area contributed by atoms with Crippen molar-refractivity contribution in [1.29, 1.82) is 0 Å². The Balaban J connectivity index is 2.05. The molecule has 6 heteroatoms. The molecule has 1 aromatic rings. The Morgan fingerprint density at radius 3 is 2.65 bits per heavy atom. The van der Waals surface area contributed by atoms with Gasteiger partial charge >= 0.3 is 0 Å². The zero-order chi connectivity index (χ0) is 14.9. The van der Waals surface area contributed by atoms with Crippen molar-refractivity contribution in [2.75, 3.05) is 14.1 Å². The molecule has 0 spiro atoms. The van der Waals surface area contributed by atoms with Gasteiger partial charge in [-0.1, -0.05) is 0 Å². The third-order valence-corrected chi connectivity index (χ3v) is 3.90. The van der Waals surface area contributed by atoms with Crippen LogP contribution in [0.4, 0.5) is 8.78 Å². The summed E-state index contributed by atoms with van der Waals surface area (Å²) in [5, 5.41) is 0. The van der Waals surface area contributed by atoms with Crippen LogP contribution in [-0.2, 0) is 6.54 Å². The number of ether oxygens (including phenoxy) is 1. The maximum atomic E-state index is 12.9. The van der Waals surface area contributed by atoms with Gasteiger partial charge in [-0.05, 0) is 49.1 Å². The van der Waals surface area contributed by atoms with Crippen molar-refractivity contribution in [2.45, 2.75) is 38.3 Å². The highest BCUT2D eigenvalue weighted by Gasteiger charge is 2.48. The van der Waals surface area contributed by atoms with E-state index in [1.807, 2.05) is 32.0 Å². The molecule has 1 unspecified atom stereocenters. The second-order valence-electron chi connectivity index (χ2n) is 5.66. The van der Waals surface area contributed by atoms with Crippen molar-refractivity contribution in [1.82, 2.24) is 9.88 Å². The van der Waals surface area contributed by atoms with E-state index in [1.165, 1.54) is 0 Å². The van der Waals surface area contributed by atoms with E-state index < -0.39 is 5.92 Å². The first-order chi connectivity index (χ1) is 9.27. The average Bonchev–Trinajstić information content (AvgIpc) is 2.28. The topological polar surface area (TPSA) is 25.4 Å². The smallest absolute Gasteiger partial charge is 0.249 e. The van der Waals surface area contributed by atoms with Gasteiger partial charge in [0.15, 0.2) is 0 Å². The highest BCUT2D eigenvalue weighted by molar-refractivity contribution is 9.10. The summed E-state index contributed by atoms with van der Waals surface area (Å²) in [7, 11) is 3.89. The molecule has 112 valence electrons. The van der Waals surface area contributed by atoms with E-state index in [9.17, 15) is 8.78 Å². The van der Waals surface area contributed by atoms with Gasteiger partial charge in [-0.2, -0.15) is 0 Å². The summed E-state index contributed by atoms with van der Waals surface area (Å²) in [5.74, 6) is -1.92. The molecule has 1 atom stereocenters. The van der Waals surface area contributed by atoms with E-state index >= 15 is 0 Å². The van der Waals surface area contributed by atoms with Gasteiger partial charge in [0.05, 0.1) is 11.8 Å². The molecule has 1 heterocycles. The van der Waals surface area contributed by atoms with Crippen molar-refractivity contribution in [2.24, 2.45) is 5.92 Å². The van der Waals surface area contributed by atoms with Gasteiger partial charge in [0.25, 0.3) is 0 Å². The molecule has 1 aliphatic carbocycles. The van der Waals surface area contributed by atoms with Crippen molar-refractivity contribution >= 4 is 15.9 Å². The van der Waals surface area contributed by atoms with Crippen LogP contribution in [-0.4, -0.2) is 36.0 Å². The number of rotatable bonds is 5. The molecule has 3 nitrogen and oxygen atoms in total. The average molecular weight is 349 g/mol. The van der Waals surface area contributed by atoms with Gasteiger partial charge in [0, 0.05) is 25.3 Å². The van der Waals surface area contributed by atoms with Crippen molar-refractivity contribution in [3.05, 3.63) is 22.4 Å². The lowest BCUT2D eigenvalue weighted by Gasteiger charge is -2.38.